The van der Waals surface area contributed by atoms with Crippen molar-refractivity contribution in [3.63, 3.8) is 0 Å². The number of piperidine rings is 1. The first-order valence-corrected chi connectivity index (χ1v) is 15.1. The number of nitrogens with one attached hydrogen (secondary N) is 1. The van der Waals surface area contributed by atoms with Crippen molar-refractivity contribution in [2.75, 3.05) is 44.2 Å². The van der Waals surface area contributed by atoms with Gasteiger partial charge in [0.1, 0.15) is 35.0 Å². The lowest BCUT2D eigenvalue weighted by Crippen LogP contribution is -2.47. The molecule has 4 saturated heterocycles. The Hall–Kier alpha value is -4.25. The maximum Gasteiger partial charge on any atom is 0.407 e. The first-order chi connectivity index (χ1) is 20.9. The Morgan fingerprint density at radius 3 is 2.58 bits per heavy atom. The van der Waals surface area contributed by atoms with E-state index in [1.807, 2.05) is 24.3 Å². The normalized spacial score (nSPS) is 21.0. The maximum atomic E-state index is 16.6. The molecule has 8 rings (SSSR count). The second-order valence-electron chi connectivity index (χ2n) is 12.3. The van der Waals surface area contributed by atoms with Gasteiger partial charge in [-0.2, -0.15) is 9.97 Å². The molecule has 10 nitrogen and oxygen atoms in total. The number of phenols is 1. The van der Waals surface area contributed by atoms with Gasteiger partial charge in [0.05, 0.1) is 17.5 Å². The Morgan fingerprint density at radius 1 is 1.02 bits per heavy atom. The molecule has 2 N–H and O–H groups in total. The van der Waals surface area contributed by atoms with Gasteiger partial charge in [-0.3, -0.25) is 9.88 Å². The zero-order valence-corrected chi connectivity index (χ0v) is 23.8. The van der Waals surface area contributed by atoms with E-state index in [4.69, 9.17) is 14.5 Å². The van der Waals surface area contributed by atoms with E-state index in [2.05, 4.69) is 25.1 Å². The van der Waals surface area contributed by atoms with Crippen LogP contribution in [0.3, 0.4) is 0 Å². The number of hydrogen-bond acceptors (Lipinski definition) is 9. The fourth-order valence-electron chi connectivity index (χ4n) is 7.57. The minimum absolute atomic E-state index is 0.0161. The molecule has 2 aromatic heterocycles. The predicted molar refractivity (Wildman–Crippen MR) is 159 cm³/mol. The van der Waals surface area contributed by atoms with E-state index in [9.17, 15) is 9.90 Å². The van der Waals surface area contributed by atoms with Crippen molar-refractivity contribution in [3.8, 4) is 23.0 Å². The number of carbonyl (C=O) groups is 1. The van der Waals surface area contributed by atoms with E-state index < -0.39 is 11.4 Å². The fourth-order valence-corrected chi connectivity index (χ4v) is 7.57. The molecule has 0 bridgehead atoms. The smallest absolute Gasteiger partial charge is 0.407 e. The summed E-state index contributed by atoms with van der Waals surface area (Å²) in [4.78, 5) is 30.4. The summed E-state index contributed by atoms with van der Waals surface area (Å²) in [7, 11) is 0. The summed E-state index contributed by atoms with van der Waals surface area (Å²) in [5.74, 6) is -0.00703. The van der Waals surface area contributed by atoms with Crippen molar-refractivity contribution in [3.05, 3.63) is 48.4 Å². The first kappa shape index (κ1) is 26.4. The monoisotopic (exact) mass is 584 g/mol. The van der Waals surface area contributed by atoms with Gasteiger partial charge in [0.2, 0.25) is 0 Å². The summed E-state index contributed by atoms with van der Waals surface area (Å²) in [6.07, 6.45) is 6.89. The van der Waals surface area contributed by atoms with Crippen LogP contribution in [0.4, 0.5) is 15.0 Å². The summed E-state index contributed by atoms with van der Waals surface area (Å²) in [5, 5.41) is 15.3. The van der Waals surface area contributed by atoms with Gasteiger partial charge in [0.15, 0.2) is 5.82 Å². The van der Waals surface area contributed by atoms with Crippen LogP contribution in [0.15, 0.2) is 42.6 Å². The van der Waals surface area contributed by atoms with Gasteiger partial charge < -0.3 is 24.8 Å². The molecule has 4 fully saturated rings. The highest BCUT2D eigenvalue weighted by atomic mass is 19.1. The quantitative estimate of drug-likeness (QED) is 0.342. The highest BCUT2D eigenvalue weighted by Gasteiger charge is 2.46. The van der Waals surface area contributed by atoms with Crippen LogP contribution in [-0.4, -0.2) is 81.5 Å². The van der Waals surface area contributed by atoms with Gasteiger partial charge in [-0.15, -0.1) is 0 Å². The Morgan fingerprint density at radius 2 is 1.81 bits per heavy atom. The van der Waals surface area contributed by atoms with Crippen LogP contribution in [0, 0.1) is 5.82 Å². The number of halogens is 1. The van der Waals surface area contributed by atoms with E-state index in [1.54, 1.807) is 12.3 Å². The first-order valence-electron chi connectivity index (χ1n) is 15.1. The number of amides is 1. The average Bonchev–Trinajstić information content (AvgIpc) is 3.70. The summed E-state index contributed by atoms with van der Waals surface area (Å²) in [5.41, 5.74) is 0.167. The molecule has 222 valence electrons. The number of benzene rings is 2. The standard InChI is InChI=1S/C32H33FN6O4/c33-25-26(23-16-21(40)15-20-5-1-2-6-22(20)23)34-17-24-27(25)36-29(42-19-31-7-3-11-39(31)12-4-8-31)37-28(24)38-13-9-32(10-14-38)18-35-30(41)43-32/h1-2,5-6,15-17,40H,3-4,7-14,18-19H2,(H,35,41). The van der Waals surface area contributed by atoms with Gasteiger partial charge in [0.25, 0.3) is 0 Å². The molecular formula is C32H33FN6O4. The molecule has 0 unspecified atom stereocenters. The topological polar surface area (TPSA) is 113 Å². The molecule has 6 heterocycles. The summed E-state index contributed by atoms with van der Waals surface area (Å²) in [6, 6.07) is 10.8. The number of pyridine rings is 1. The molecule has 4 aliphatic heterocycles. The fraction of sp³-hybridized carbons (Fsp3) is 0.438. The number of fused-ring (bicyclic) bond motifs is 3. The number of anilines is 1. The highest BCUT2D eigenvalue weighted by Crippen LogP contribution is 2.41. The van der Waals surface area contributed by atoms with Gasteiger partial charge in [-0.1, -0.05) is 24.3 Å². The minimum Gasteiger partial charge on any atom is -0.508 e. The number of ether oxygens (including phenoxy) is 2. The van der Waals surface area contributed by atoms with Crippen molar-refractivity contribution in [2.24, 2.45) is 0 Å². The number of alkyl carbamates (subject to hydrolysis) is 1. The molecule has 0 aliphatic carbocycles. The molecular weight excluding hydrogens is 551 g/mol. The number of nitrogens with zero attached hydrogens (tertiary/aromatic N) is 5. The van der Waals surface area contributed by atoms with Crippen LogP contribution in [0.1, 0.15) is 38.5 Å². The van der Waals surface area contributed by atoms with Gasteiger partial charge in [-0.25, -0.2) is 9.18 Å². The molecule has 0 atom stereocenters. The molecule has 0 radical (unpaired) electrons. The zero-order valence-electron chi connectivity index (χ0n) is 23.8. The van der Waals surface area contributed by atoms with E-state index in [0.29, 0.717) is 55.9 Å². The van der Waals surface area contributed by atoms with Crippen LogP contribution >= 0.6 is 0 Å². The van der Waals surface area contributed by atoms with Crippen molar-refractivity contribution in [2.45, 2.75) is 49.7 Å². The number of aromatic nitrogens is 3. The molecule has 43 heavy (non-hydrogen) atoms. The number of hydrogen-bond donors (Lipinski definition) is 2. The van der Waals surface area contributed by atoms with Crippen molar-refractivity contribution in [1.29, 1.82) is 0 Å². The Bertz CT molecular complexity index is 1750. The van der Waals surface area contributed by atoms with Crippen LogP contribution in [0.2, 0.25) is 0 Å². The third kappa shape index (κ3) is 4.40. The predicted octanol–water partition coefficient (Wildman–Crippen LogP) is 4.78. The maximum absolute atomic E-state index is 16.6. The SMILES string of the molecule is O=C1NCC2(CCN(c3nc(OCC45CCCN4CCC5)nc4c(F)c(-c5cc(O)cc6ccccc56)ncc34)CC2)O1. The van der Waals surface area contributed by atoms with Crippen LogP contribution in [0.5, 0.6) is 11.8 Å². The number of phenolic OH excluding ortho intramolecular Hbond substituents is 1. The Labute approximate surface area is 247 Å². The van der Waals surface area contributed by atoms with Gasteiger partial charge in [0, 0.05) is 37.7 Å². The lowest BCUT2D eigenvalue weighted by atomic mass is 9.91. The summed E-state index contributed by atoms with van der Waals surface area (Å²) >= 11 is 0. The second-order valence-corrected chi connectivity index (χ2v) is 12.3. The third-order valence-corrected chi connectivity index (χ3v) is 9.86. The lowest BCUT2D eigenvalue weighted by Gasteiger charge is -2.38. The Balaban J connectivity index is 1.21. The molecule has 4 aromatic rings. The van der Waals surface area contributed by atoms with E-state index in [0.717, 1.165) is 49.5 Å². The lowest BCUT2D eigenvalue weighted by molar-refractivity contribution is 0.0366. The molecule has 2 aromatic carbocycles. The largest absolute Gasteiger partial charge is 0.508 e. The summed E-state index contributed by atoms with van der Waals surface area (Å²) in [6.45, 7) is 4.22. The molecule has 4 aliphatic rings. The minimum atomic E-state index is -0.592. The van der Waals surface area contributed by atoms with Crippen molar-refractivity contribution < 1.29 is 23.8 Å². The zero-order chi connectivity index (χ0) is 29.2. The number of carbonyl (C=O) groups excluding carboxylic acids is 1. The third-order valence-electron chi connectivity index (χ3n) is 9.86. The Kier molecular flexibility index (Phi) is 6.08. The number of rotatable bonds is 5. The summed E-state index contributed by atoms with van der Waals surface area (Å²) < 4.78 is 28.5. The van der Waals surface area contributed by atoms with Crippen molar-refractivity contribution in [1.82, 2.24) is 25.2 Å². The van der Waals surface area contributed by atoms with Crippen LogP contribution in [0.25, 0.3) is 32.9 Å². The van der Waals surface area contributed by atoms with Crippen molar-refractivity contribution >= 4 is 33.6 Å². The molecule has 1 spiro atoms. The van der Waals surface area contributed by atoms with Crippen LogP contribution in [-0.2, 0) is 4.74 Å². The van der Waals surface area contributed by atoms with Gasteiger partial charge >= 0.3 is 12.1 Å². The van der Waals surface area contributed by atoms with Gasteiger partial charge in [-0.05, 0) is 61.7 Å². The van der Waals surface area contributed by atoms with E-state index in [1.165, 1.54) is 6.07 Å². The highest BCUT2D eigenvalue weighted by molar-refractivity contribution is 5.99. The second kappa shape index (κ2) is 9.90. The molecule has 1 amide bonds. The number of aromatic hydroxyl groups is 1. The van der Waals surface area contributed by atoms with E-state index >= 15 is 4.39 Å². The average molecular weight is 585 g/mol. The van der Waals surface area contributed by atoms with Crippen LogP contribution < -0.4 is 15.0 Å². The molecule has 0 saturated carbocycles. The van der Waals surface area contributed by atoms with E-state index in [-0.39, 0.29) is 34.6 Å². The molecule has 11 heteroatoms.